The molecule has 2 fully saturated rings. The Balaban J connectivity index is 1.57. The molecule has 0 radical (unpaired) electrons. The van der Waals surface area contributed by atoms with Gasteiger partial charge in [0.1, 0.15) is 0 Å². The van der Waals surface area contributed by atoms with E-state index < -0.39 is 0 Å². The van der Waals surface area contributed by atoms with E-state index in [1.165, 1.54) is 38.5 Å². The summed E-state index contributed by atoms with van der Waals surface area (Å²) in [6, 6.07) is 0. The third kappa shape index (κ3) is 3.25. The smallest absolute Gasteiger partial charge is 0.0646 e. The molecule has 0 aromatic heterocycles. The summed E-state index contributed by atoms with van der Waals surface area (Å²) in [7, 11) is 0. The molecule has 0 amide bonds. The van der Waals surface area contributed by atoms with Gasteiger partial charge >= 0.3 is 0 Å². The summed E-state index contributed by atoms with van der Waals surface area (Å²) in [4.78, 5) is 0. The van der Waals surface area contributed by atoms with Gasteiger partial charge in [-0.2, -0.15) is 0 Å². The maximum atomic E-state index is 6.27. The van der Waals surface area contributed by atoms with Crippen molar-refractivity contribution in [3.63, 3.8) is 0 Å². The Morgan fingerprint density at radius 1 is 1.14 bits per heavy atom. The lowest BCUT2D eigenvalue weighted by Gasteiger charge is -2.33. The summed E-state index contributed by atoms with van der Waals surface area (Å²) >= 11 is 0. The van der Waals surface area contributed by atoms with Crippen LogP contribution >= 0.6 is 0 Å². The fourth-order valence-electron chi connectivity index (χ4n) is 2.33. The van der Waals surface area contributed by atoms with Crippen molar-refractivity contribution in [3.05, 3.63) is 0 Å². The summed E-state index contributed by atoms with van der Waals surface area (Å²) in [6.07, 6.45) is 10.4. The quantitative estimate of drug-likeness (QED) is 0.687. The standard InChI is InChI=1S/C12H23NO/c13-12(7-2-1-3-8-12)10-14-9-6-11-4-5-11/h11H,1-10,13H2. The van der Waals surface area contributed by atoms with Crippen molar-refractivity contribution in [3.8, 4) is 0 Å². The van der Waals surface area contributed by atoms with Gasteiger partial charge in [-0.3, -0.25) is 0 Å². The molecule has 2 aliphatic rings. The first-order chi connectivity index (χ1) is 6.79. The number of hydrogen-bond acceptors (Lipinski definition) is 2. The predicted octanol–water partition coefficient (Wildman–Crippen LogP) is 2.46. The molecule has 2 heteroatoms. The molecule has 2 nitrogen and oxygen atoms in total. The average Bonchev–Trinajstić information content (AvgIpc) is 2.97. The molecule has 2 saturated carbocycles. The second-order valence-electron chi connectivity index (χ2n) is 5.21. The van der Waals surface area contributed by atoms with Gasteiger partial charge in [0.2, 0.25) is 0 Å². The van der Waals surface area contributed by atoms with Gasteiger partial charge in [0.25, 0.3) is 0 Å². The van der Waals surface area contributed by atoms with Crippen LogP contribution in [-0.2, 0) is 4.74 Å². The molecule has 0 bridgehead atoms. The van der Waals surface area contributed by atoms with Crippen LogP contribution in [0.5, 0.6) is 0 Å². The highest BCUT2D eigenvalue weighted by atomic mass is 16.5. The highest BCUT2D eigenvalue weighted by Gasteiger charge is 2.28. The number of nitrogens with two attached hydrogens (primary N) is 1. The van der Waals surface area contributed by atoms with Crippen molar-refractivity contribution in [2.75, 3.05) is 13.2 Å². The molecule has 0 saturated heterocycles. The molecule has 0 spiro atoms. The van der Waals surface area contributed by atoms with E-state index in [9.17, 15) is 0 Å². The second kappa shape index (κ2) is 4.63. The highest BCUT2D eigenvalue weighted by molar-refractivity contribution is 4.87. The van der Waals surface area contributed by atoms with E-state index >= 15 is 0 Å². The van der Waals surface area contributed by atoms with Gasteiger partial charge in [-0.15, -0.1) is 0 Å². The molecular formula is C12H23NO. The SMILES string of the molecule is NC1(COCCC2CC2)CCCCC1. The van der Waals surface area contributed by atoms with Gasteiger partial charge in [0.05, 0.1) is 6.61 Å². The van der Waals surface area contributed by atoms with E-state index in [0.717, 1.165) is 32.0 Å². The molecule has 0 atom stereocenters. The lowest BCUT2D eigenvalue weighted by molar-refractivity contribution is 0.0645. The van der Waals surface area contributed by atoms with Crippen LogP contribution in [0.15, 0.2) is 0 Å². The van der Waals surface area contributed by atoms with Gasteiger partial charge in [-0.1, -0.05) is 32.1 Å². The van der Waals surface area contributed by atoms with Crippen LogP contribution in [-0.4, -0.2) is 18.8 Å². The lowest BCUT2D eigenvalue weighted by atomic mass is 9.83. The van der Waals surface area contributed by atoms with Crippen molar-refractivity contribution >= 4 is 0 Å². The Hall–Kier alpha value is -0.0800. The normalized spacial score (nSPS) is 26.4. The van der Waals surface area contributed by atoms with Crippen molar-refractivity contribution in [1.29, 1.82) is 0 Å². The van der Waals surface area contributed by atoms with Crippen molar-refractivity contribution in [2.45, 2.75) is 56.9 Å². The molecule has 2 N–H and O–H groups in total. The summed E-state index contributed by atoms with van der Waals surface area (Å²) in [6.45, 7) is 1.73. The Morgan fingerprint density at radius 2 is 1.86 bits per heavy atom. The van der Waals surface area contributed by atoms with Gasteiger partial charge in [-0.25, -0.2) is 0 Å². The van der Waals surface area contributed by atoms with E-state index in [2.05, 4.69) is 0 Å². The monoisotopic (exact) mass is 197 g/mol. The number of ether oxygens (including phenoxy) is 1. The third-order valence-electron chi connectivity index (χ3n) is 3.61. The Kier molecular flexibility index (Phi) is 3.45. The fourth-order valence-corrected chi connectivity index (χ4v) is 2.33. The highest BCUT2D eigenvalue weighted by Crippen LogP contribution is 2.32. The number of rotatable bonds is 5. The van der Waals surface area contributed by atoms with Crippen LogP contribution in [0.3, 0.4) is 0 Å². The topological polar surface area (TPSA) is 35.2 Å². The molecule has 82 valence electrons. The Morgan fingerprint density at radius 3 is 2.50 bits per heavy atom. The van der Waals surface area contributed by atoms with E-state index in [-0.39, 0.29) is 5.54 Å². The zero-order chi connectivity index (χ0) is 9.86. The van der Waals surface area contributed by atoms with E-state index in [1.807, 2.05) is 0 Å². The first kappa shape index (κ1) is 10.4. The fraction of sp³-hybridized carbons (Fsp3) is 1.00. The minimum Gasteiger partial charge on any atom is -0.380 e. The molecule has 2 aliphatic carbocycles. The number of hydrogen-bond donors (Lipinski definition) is 1. The van der Waals surface area contributed by atoms with Crippen molar-refractivity contribution < 1.29 is 4.74 Å². The first-order valence-electron chi connectivity index (χ1n) is 6.15. The van der Waals surface area contributed by atoms with Crippen molar-refractivity contribution in [1.82, 2.24) is 0 Å². The van der Waals surface area contributed by atoms with Gasteiger partial charge in [0.15, 0.2) is 0 Å². The molecular weight excluding hydrogens is 174 g/mol. The van der Waals surface area contributed by atoms with Crippen LogP contribution in [0.1, 0.15) is 51.4 Å². The molecule has 14 heavy (non-hydrogen) atoms. The van der Waals surface area contributed by atoms with Gasteiger partial charge in [0, 0.05) is 12.1 Å². The molecule has 0 aromatic rings. The van der Waals surface area contributed by atoms with E-state index in [0.29, 0.717) is 0 Å². The molecule has 0 heterocycles. The van der Waals surface area contributed by atoms with Crippen LogP contribution < -0.4 is 5.73 Å². The Labute approximate surface area is 87.2 Å². The zero-order valence-electron chi connectivity index (χ0n) is 9.13. The van der Waals surface area contributed by atoms with Crippen LogP contribution in [0.25, 0.3) is 0 Å². The van der Waals surface area contributed by atoms with Crippen LogP contribution in [0.2, 0.25) is 0 Å². The first-order valence-corrected chi connectivity index (χ1v) is 6.15. The molecule has 2 rings (SSSR count). The van der Waals surface area contributed by atoms with E-state index in [4.69, 9.17) is 10.5 Å². The van der Waals surface area contributed by atoms with Gasteiger partial charge in [-0.05, 0) is 25.2 Å². The predicted molar refractivity (Wildman–Crippen MR) is 58.2 cm³/mol. The summed E-state index contributed by atoms with van der Waals surface area (Å²) in [5.41, 5.74) is 6.28. The third-order valence-corrected chi connectivity index (χ3v) is 3.61. The van der Waals surface area contributed by atoms with Crippen LogP contribution in [0, 0.1) is 5.92 Å². The second-order valence-corrected chi connectivity index (χ2v) is 5.21. The largest absolute Gasteiger partial charge is 0.380 e. The maximum Gasteiger partial charge on any atom is 0.0646 e. The van der Waals surface area contributed by atoms with E-state index in [1.54, 1.807) is 0 Å². The summed E-state index contributed by atoms with van der Waals surface area (Å²) in [5.74, 6) is 0.982. The maximum absolute atomic E-state index is 6.27. The Bertz CT molecular complexity index is 171. The zero-order valence-corrected chi connectivity index (χ0v) is 9.13. The van der Waals surface area contributed by atoms with Crippen molar-refractivity contribution in [2.24, 2.45) is 11.7 Å². The summed E-state index contributed by atoms with van der Waals surface area (Å²) < 4.78 is 5.70. The average molecular weight is 197 g/mol. The van der Waals surface area contributed by atoms with Crippen LogP contribution in [0.4, 0.5) is 0 Å². The minimum absolute atomic E-state index is 0.0157. The van der Waals surface area contributed by atoms with Gasteiger partial charge < -0.3 is 10.5 Å². The molecule has 0 unspecified atom stereocenters. The lowest BCUT2D eigenvalue weighted by Crippen LogP contribution is -2.46. The summed E-state index contributed by atoms with van der Waals surface area (Å²) in [5, 5.41) is 0. The molecule has 0 aromatic carbocycles. The minimum atomic E-state index is 0.0157. The molecule has 0 aliphatic heterocycles.